The van der Waals surface area contributed by atoms with Crippen molar-refractivity contribution in [1.29, 1.82) is 10.5 Å². The van der Waals surface area contributed by atoms with Gasteiger partial charge in [0.05, 0.1) is 23.1 Å². The smallest absolute Gasteiger partial charge is 0.117 e. The van der Waals surface area contributed by atoms with Crippen LogP contribution in [0.2, 0.25) is 0 Å². The molecule has 1 saturated heterocycles. The minimum Gasteiger partial charge on any atom is -0.508 e. The van der Waals surface area contributed by atoms with Crippen molar-refractivity contribution < 1.29 is 13.4 Å². The maximum absolute atomic E-state index is 10.1. The summed E-state index contributed by atoms with van der Waals surface area (Å²) in [5.74, 6) is 0.426. The molecule has 2 fully saturated rings. The lowest BCUT2D eigenvalue weighted by Gasteiger charge is -2.39. The summed E-state index contributed by atoms with van der Waals surface area (Å²) < 4.78 is 0. The second-order valence-electron chi connectivity index (χ2n) is 10.7. The first-order valence-corrected chi connectivity index (χ1v) is 12.3. The standard InChI is InChI=1S/C31H31N3O.H2O.2H2/c1-21-18-30(2,27-9-6-24(16-27)25-14-22(19-32)15-28(35)17-25)29(10-13-34(21)3)23-4-7-26(8-5-23)31(20-33)11-12-31;;;/h4-8,14-17,29,35H,1,9-13,18H2,2-3H3;1H2;2*1H/t29-,30+;;;/m0.../s1. The van der Waals surface area contributed by atoms with Gasteiger partial charge in [-0.2, -0.15) is 10.5 Å². The summed E-state index contributed by atoms with van der Waals surface area (Å²) in [4.78, 5) is 2.28. The SMILES string of the molecule is C=C1C[C@](C)(C2=CC(c3cc(O)cc(C#N)c3)=CC2)[C@H](c2ccc(C3(C#N)CC3)cc2)CCN1C.O.[HH].[HH]. The molecule has 0 bridgehead atoms. The molecule has 0 spiro atoms. The fourth-order valence-corrected chi connectivity index (χ4v) is 5.94. The van der Waals surface area contributed by atoms with E-state index in [4.69, 9.17) is 0 Å². The van der Waals surface area contributed by atoms with Crippen LogP contribution < -0.4 is 0 Å². The molecule has 1 saturated carbocycles. The summed E-state index contributed by atoms with van der Waals surface area (Å²) in [6.45, 7) is 7.72. The van der Waals surface area contributed by atoms with Crippen LogP contribution in [0.15, 0.2) is 72.5 Å². The Morgan fingerprint density at radius 1 is 1.14 bits per heavy atom. The van der Waals surface area contributed by atoms with Gasteiger partial charge >= 0.3 is 0 Å². The van der Waals surface area contributed by atoms with Crippen LogP contribution in [0.25, 0.3) is 5.57 Å². The van der Waals surface area contributed by atoms with Crippen LogP contribution in [0.3, 0.4) is 0 Å². The van der Waals surface area contributed by atoms with Crippen molar-refractivity contribution in [2.24, 2.45) is 5.41 Å². The zero-order valence-corrected chi connectivity index (χ0v) is 21.0. The quantitative estimate of drug-likeness (QED) is 0.557. The molecule has 2 atom stereocenters. The Kier molecular flexibility index (Phi) is 6.56. The molecular formula is C31H37N3O2. The molecule has 5 heteroatoms. The zero-order valence-electron chi connectivity index (χ0n) is 21.0. The number of rotatable bonds is 4. The molecule has 3 N–H and O–H groups in total. The first-order chi connectivity index (χ1) is 16.8. The van der Waals surface area contributed by atoms with E-state index in [2.05, 4.69) is 74.0 Å². The van der Waals surface area contributed by atoms with Gasteiger partial charge in [0.25, 0.3) is 0 Å². The van der Waals surface area contributed by atoms with Crippen LogP contribution >= 0.6 is 0 Å². The van der Waals surface area contributed by atoms with Gasteiger partial charge in [0.2, 0.25) is 0 Å². The molecule has 1 aliphatic heterocycles. The van der Waals surface area contributed by atoms with Gasteiger partial charge in [-0.15, -0.1) is 0 Å². The molecule has 188 valence electrons. The average molecular weight is 484 g/mol. The fraction of sp³-hybridized carbons (Fsp3) is 0.355. The number of nitriles is 2. The van der Waals surface area contributed by atoms with Gasteiger partial charge < -0.3 is 15.5 Å². The van der Waals surface area contributed by atoms with Crippen LogP contribution in [0.5, 0.6) is 5.75 Å². The first-order valence-electron chi connectivity index (χ1n) is 12.3. The summed E-state index contributed by atoms with van der Waals surface area (Å²) in [5.41, 5.74) is 6.95. The number of aromatic hydroxyl groups is 1. The molecule has 1 heterocycles. The summed E-state index contributed by atoms with van der Waals surface area (Å²) in [6, 6.07) is 18.5. The van der Waals surface area contributed by atoms with Crippen molar-refractivity contribution in [2.75, 3.05) is 13.6 Å². The van der Waals surface area contributed by atoms with Crippen LogP contribution in [0.1, 0.15) is 70.1 Å². The largest absolute Gasteiger partial charge is 0.508 e. The maximum Gasteiger partial charge on any atom is 0.117 e. The molecule has 2 aromatic rings. The number of hydrogen-bond donors (Lipinski definition) is 1. The van der Waals surface area contributed by atoms with Crippen LogP contribution in [-0.2, 0) is 5.41 Å². The Hall–Kier alpha value is -3.80. The number of nitrogens with zero attached hydrogens (tertiary/aromatic N) is 3. The van der Waals surface area contributed by atoms with E-state index < -0.39 is 0 Å². The molecule has 5 nitrogen and oxygen atoms in total. The second kappa shape index (κ2) is 9.34. The molecule has 0 aromatic heterocycles. The monoisotopic (exact) mass is 483 g/mol. The van der Waals surface area contributed by atoms with Gasteiger partial charge in [-0.1, -0.05) is 55.5 Å². The van der Waals surface area contributed by atoms with E-state index in [9.17, 15) is 15.6 Å². The van der Waals surface area contributed by atoms with Gasteiger partial charge in [-0.05, 0) is 78.5 Å². The van der Waals surface area contributed by atoms with Crippen molar-refractivity contribution in [3.05, 3.63) is 94.7 Å². The van der Waals surface area contributed by atoms with E-state index in [1.807, 2.05) is 6.07 Å². The molecular weight excluding hydrogens is 446 g/mol. The number of phenols is 1. The Labute approximate surface area is 216 Å². The number of benzene rings is 2. The predicted octanol–water partition coefficient (Wildman–Crippen LogP) is 6.23. The normalized spacial score (nSPS) is 24.5. The molecule has 3 aliphatic rings. The van der Waals surface area contributed by atoms with Crippen LogP contribution in [0.4, 0.5) is 0 Å². The van der Waals surface area contributed by atoms with E-state index in [-0.39, 0.29) is 24.9 Å². The Morgan fingerprint density at radius 2 is 1.86 bits per heavy atom. The highest BCUT2D eigenvalue weighted by Crippen LogP contribution is 2.54. The molecule has 2 aromatic carbocycles. The third-order valence-corrected chi connectivity index (χ3v) is 8.45. The van der Waals surface area contributed by atoms with Gasteiger partial charge in [-0.3, -0.25) is 0 Å². The average Bonchev–Trinajstić information content (AvgIpc) is 3.52. The summed E-state index contributed by atoms with van der Waals surface area (Å²) in [5, 5.41) is 29.0. The zero-order chi connectivity index (χ0) is 24.8. The highest BCUT2D eigenvalue weighted by atomic mass is 16.3. The van der Waals surface area contributed by atoms with E-state index >= 15 is 0 Å². The van der Waals surface area contributed by atoms with E-state index in [1.165, 1.54) is 17.2 Å². The minimum atomic E-state index is -0.268. The third kappa shape index (κ3) is 4.32. The number of allylic oxidation sites excluding steroid dienone is 5. The third-order valence-electron chi connectivity index (χ3n) is 8.45. The number of phenolic OH excluding ortho intramolecular Hbond substituents is 1. The second-order valence-corrected chi connectivity index (χ2v) is 10.7. The summed E-state index contributed by atoms with van der Waals surface area (Å²) in [7, 11) is 2.13. The molecule has 36 heavy (non-hydrogen) atoms. The minimum absolute atomic E-state index is 0. The van der Waals surface area contributed by atoms with Crippen LogP contribution in [-0.4, -0.2) is 29.1 Å². The van der Waals surface area contributed by atoms with Crippen molar-refractivity contribution >= 4 is 5.57 Å². The topological polar surface area (TPSA) is 103 Å². The van der Waals surface area contributed by atoms with Crippen LogP contribution in [0, 0.1) is 28.1 Å². The van der Waals surface area contributed by atoms with Gasteiger partial charge in [0, 0.05) is 27.6 Å². The lowest BCUT2D eigenvalue weighted by atomic mass is 9.65. The van der Waals surface area contributed by atoms with Gasteiger partial charge in [0.15, 0.2) is 0 Å². The highest BCUT2D eigenvalue weighted by molar-refractivity contribution is 5.79. The number of hydrogen-bond acceptors (Lipinski definition) is 4. The Morgan fingerprint density at radius 3 is 2.50 bits per heavy atom. The van der Waals surface area contributed by atoms with Crippen molar-refractivity contribution in [3.63, 3.8) is 0 Å². The summed E-state index contributed by atoms with van der Waals surface area (Å²) in [6.07, 6.45) is 9.10. The molecule has 2 aliphatic carbocycles. The van der Waals surface area contributed by atoms with Crippen molar-refractivity contribution in [1.82, 2.24) is 4.90 Å². The molecule has 0 unspecified atom stereocenters. The maximum atomic E-state index is 10.1. The highest BCUT2D eigenvalue weighted by Gasteiger charge is 2.45. The Balaban J connectivity index is 0.00000169. The van der Waals surface area contributed by atoms with Gasteiger partial charge in [-0.25, -0.2) is 0 Å². The van der Waals surface area contributed by atoms with E-state index in [1.54, 1.807) is 6.07 Å². The van der Waals surface area contributed by atoms with Crippen molar-refractivity contribution in [2.45, 2.75) is 50.4 Å². The lowest BCUT2D eigenvalue weighted by molar-refractivity contribution is 0.307. The summed E-state index contributed by atoms with van der Waals surface area (Å²) >= 11 is 0. The first kappa shape index (κ1) is 25.3. The van der Waals surface area contributed by atoms with Gasteiger partial charge in [0.1, 0.15) is 5.75 Å². The van der Waals surface area contributed by atoms with E-state index in [0.29, 0.717) is 11.5 Å². The fourth-order valence-electron chi connectivity index (χ4n) is 5.94. The van der Waals surface area contributed by atoms with E-state index in [0.717, 1.165) is 61.0 Å². The Bertz CT molecular complexity index is 1350. The molecule has 5 rings (SSSR count). The predicted molar refractivity (Wildman–Crippen MR) is 146 cm³/mol. The molecule has 0 radical (unpaired) electrons. The lowest BCUT2D eigenvalue weighted by Crippen LogP contribution is -2.27. The molecule has 0 amide bonds. The van der Waals surface area contributed by atoms with Crippen molar-refractivity contribution in [3.8, 4) is 17.9 Å². The number of likely N-dealkylation sites (tertiary alicyclic amines) is 1.